The lowest BCUT2D eigenvalue weighted by molar-refractivity contribution is 0.417. The summed E-state index contributed by atoms with van der Waals surface area (Å²) in [7, 11) is 1.55. The molecule has 0 amide bonds. The number of aromatic nitrogens is 3. The summed E-state index contributed by atoms with van der Waals surface area (Å²) in [6.45, 7) is 0. The molecule has 0 aliphatic carbocycles. The minimum atomic E-state index is -0.505. The normalized spacial score (nSPS) is 10.4. The summed E-state index contributed by atoms with van der Waals surface area (Å²) in [6, 6.07) is 9.35. The van der Waals surface area contributed by atoms with E-state index in [4.69, 9.17) is 27.9 Å². The Bertz CT molecular complexity index is 909. The van der Waals surface area contributed by atoms with E-state index in [0.717, 1.165) is 0 Å². The Labute approximate surface area is 153 Å². The summed E-state index contributed by atoms with van der Waals surface area (Å²) in [4.78, 5) is 4.29. The van der Waals surface area contributed by atoms with Gasteiger partial charge >= 0.3 is 0 Å². The zero-order valence-electron chi connectivity index (χ0n) is 12.9. The molecule has 3 aromatic rings. The quantitative estimate of drug-likeness (QED) is 0.662. The number of hydrogen-bond acceptors (Lipinski definition) is 6. The van der Waals surface area contributed by atoms with Crippen molar-refractivity contribution in [2.45, 2.75) is 0 Å². The zero-order valence-corrected chi connectivity index (χ0v) is 14.4. The van der Waals surface area contributed by atoms with E-state index in [1.807, 2.05) is 0 Å². The Morgan fingerprint density at radius 2 is 1.92 bits per heavy atom. The number of ether oxygens (including phenoxy) is 1. The first kappa shape index (κ1) is 17.2. The molecular weight excluding hydrogens is 368 g/mol. The molecule has 0 saturated heterocycles. The number of anilines is 4. The van der Waals surface area contributed by atoms with Crippen LogP contribution in [0.3, 0.4) is 0 Å². The van der Waals surface area contributed by atoms with Crippen LogP contribution in [0.2, 0.25) is 10.0 Å². The van der Waals surface area contributed by atoms with Crippen LogP contribution >= 0.6 is 23.2 Å². The van der Waals surface area contributed by atoms with Crippen molar-refractivity contribution in [3.8, 4) is 5.75 Å². The number of nitrogens with one attached hydrogen (secondary N) is 2. The van der Waals surface area contributed by atoms with E-state index in [-0.39, 0.29) is 11.0 Å². The van der Waals surface area contributed by atoms with Crippen molar-refractivity contribution in [2.75, 3.05) is 17.7 Å². The third-order valence-corrected chi connectivity index (χ3v) is 3.68. The molecule has 6 nitrogen and oxygen atoms in total. The largest absolute Gasteiger partial charge is 0.495 e. The molecule has 128 valence electrons. The van der Waals surface area contributed by atoms with Gasteiger partial charge in [0.05, 0.1) is 24.0 Å². The molecule has 0 radical (unpaired) electrons. The smallest absolute Gasteiger partial charge is 0.249 e. The first-order valence-electron chi connectivity index (χ1n) is 7.07. The van der Waals surface area contributed by atoms with Gasteiger partial charge in [-0.25, -0.2) is 4.39 Å². The van der Waals surface area contributed by atoms with Gasteiger partial charge in [-0.05, 0) is 36.4 Å². The molecular formula is C16H12Cl2FN5O. The third-order valence-electron chi connectivity index (χ3n) is 3.16. The first-order valence-corrected chi connectivity index (χ1v) is 7.83. The molecule has 2 N–H and O–H groups in total. The van der Waals surface area contributed by atoms with Crippen LogP contribution in [0, 0.1) is 5.82 Å². The van der Waals surface area contributed by atoms with Crippen LogP contribution in [0.5, 0.6) is 5.75 Å². The fraction of sp³-hybridized carbons (Fsp3) is 0.0625. The lowest BCUT2D eigenvalue weighted by Gasteiger charge is -2.11. The molecule has 1 heterocycles. The molecule has 9 heteroatoms. The maximum absolute atomic E-state index is 13.2. The maximum Gasteiger partial charge on any atom is 0.249 e. The average Bonchev–Trinajstić information content (AvgIpc) is 2.59. The van der Waals surface area contributed by atoms with Crippen molar-refractivity contribution in [1.29, 1.82) is 0 Å². The monoisotopic (exact) mass is 379 g/mol. The molecule has 0 bridgehead atoms. The number of rotatable bonds is 5. The highest BCUT2D eigenvalue weighted by atomic mass is 35.5. The minimum Gasteiger partial charge on any atom is -0.495 e. The predicted octanol–water partition coefficient (Wildman–Crippen LogP) is 4.81. The Kier molecular flexibility index (Phi) is 5.16. The second kappa shape index (κ2) is 7.50. The SMILES string of the molecule is COc1ccc(Cl)cc1Nc1cnnc(Nc2ccc(F)c(Cl)c2)n1. The van der Waals surface area contributed by atoms with Gasteiger partial charge in [-0.3, -0.25) is 0 Å². The fourth-order valence-electron chi connectivity index (χ4n) is 2.04. The van der Waals surface area contributed by atoms with Crippen LogP contribution in [-0.4, -0.2) is 22.3 Å². The molecule has 3 rings (SSSR count). The van der Waals surface area contributed by atoms with E-state index in [1.54, 1.807) is 25.3 Å². The maximum atomic E-state index is 13.2. The molecule has 0 aliphatic heterocycles. The van der Waals surface area contributed by atoms with Gasteiger partial charge in [-0.1, -0.05) is 23.2 Å². The van der Waals surface area contributed by atoms with Gasteiger partial charge < -0.3 is 15.4 Å². The van der Waals surface area contributed by atoms with Crippen LogP contribution < -0.4 is 15.4 Å². The van der Waals surface area contributed by atoms with E-state index in [0.29, 0.717) is 28.0 Å². The van der Waals surface area contributed by atoms with Crippen LogP contribution in [0.1, 0.15) is 0 Å². The van der Waals surface area contributed by atoms with Crippen LogP contribution in [0.15, 0.2) is 42.6 Å². The van der Waals surface area contributed by atoms with E-state index in [2.05, 4.69) is 25.8 Å². The highest BCUT2D eigenvalue weighted by Crippen LogP contribution is 2.30. The Hall–Kier alpha value is -2.64. The van der Waals surface area contributed by atoms with Gasteiger partial charge in [-0.2, -0.15) is 10.1 Å². The summed E-state index contributed by atoms with van der Waals surface area (Å²) < 4.78 is 18.5. The zero-order chi connectivity index (χ0) is 17.8. The van der Waals surface area contributed by atoms with Crippen LogP contribution in [0.25, 0.3) is 0 Å². The molecule has 25 heavy (non-hydrogen) atoms. The van der Waals surface area contributed by atoms with Crippen molar-refractivity contribution in [3.63, 3.8) is 0 Å². The van der Waals surface area contributed by atoms with E-state index in [9.17, 15) is 4.39 Å². The van der Waals surface area contributed by atoms with Crippen molar-refractivity contribution >= 4 is 46.3 Å². The van der Waals surface area contributed by atoms with Crippen molar-refractivity contribution in [1.82, 2.24) is 15.2 Å². The standard InChI is InChI=1S/C16H12Cl2FN5O/c1-25-14-5-2-9(17)6-13(14)22-15-8-20-24-16(23-15)21-10-3-4-12(19)11(18)7-10/h2-8H,1H3,(H2,21,22,23,24). The van der Waals surface area contributed by atoms with Crippen LogP contribution in [0.4, 0.5) is 27.5 Å². The second-order valence-corrected chi connectivity index (χ2v) is 5.73. The summed E-state index contributed by atoms with van der Waals surface area (Å²) in [6.07, 6.45) is 1.45. The lowest BCUT2D eigenvalue weighted by Crippen LogP contribution is -2.03. The van der Waals surface area contributed by atoms with E-state index < -0.39 is 5.82 Å². The number of hydrogen-bond donors (Lipinski definition) is 2. The van der Waals surface area contributed by atoms with E-state index in [1.165, 1.54) is 24.4 Å². The Morgan fingerprint density at radius 1 is 1.08 bits per heavy atom. The highest BCUT2D eigenvalue weighted by Gasteiger charge is 2.08. The number of nitrogens with zero attached hydrogens (tertiary/aromatic N) is 3. The summed E-state index contributed by atoms with van der Waals surface area (Å²) >= 11 is 11.8. The van der Waals surface area contributed by atoms with Crippen LogP contribution in [-0.2, 0) is 0 Å². The molecule has 0 spiro atoms. The number of methoxy groups -OCH3 is 1. The second-order valence-electron chi connectivity index (χ2n) is 4.89. The van der Waals surface area contributed by atoms with Crippen molar-refractivity contribution < 1.29 is 9.13 Å². The van der Waals surface area contributed by atoms with Gasteiger partial charge in [0.2, 0.25) is 5.95 Å². The summed E-state index contributed by atoms with van der Waals surface area (Å²) in [5.41, 5.74) is 1.16. The Balaban J connectivity index is 1.82. The molecule has 2 aromatic carbocycles. The third kappa shape index (κ3) is 4.26. The van der Waals surface area contributed by atoms with Gasteiger partial charge in [0.1, 0.15) is 11.6 Å². The number of halogens is 3. The van der Waals surface area contributed by atoms with Gasteiger partial charge in [0.25, 0.3) is 0 Å². The van der Waals surface area contributed by atoms with Crippen molar-refractivity contribution in [2.24, 2.45) is 0 Å². The molecule has 0 unspecified atom stereocenters. The van der Waals surface area contributed by atoms with Gasteiger partial charge in [0, 0.05) is 10.7 Å². The molecule has 0 saturated carbocycles. The summed E-state index contributed by atoms with van der Waals surface area (Å²) in [5, 5.41) is 14.3. The Morgan fingerprint density at radius 3 is 2.68 bits per heavy atom. The molecule has 0 fully saturated rings. The average molecular weight is 380 g/mol. The fourth-order valence-corrected chi connectivity index (χ4v) is 2.39. The lowest BCUT2D eigenvalue weighted by atomic mass is 10.3. The molecule has 0 aliphatic rings. The number of benzene rings is 2. The molecule has 0 atom stereocenters. The van der Waals surface area contributed by atoms with E-state index >= 15 is 0 Å². The highest BCUT2D eigenvalue weighted by molar-refractivity contribution is 6.31. The summed E-state index contributed by atoms with van der Waals surface area (Å²) in [5.74, 6) is 0.734. The van der Waals surface area contributed by atoms with Gasteiger partial charge in [-0.15, -0.1) is 5.10 Å². The predicted molar refractivity (Wildman–Crippen MR) is 95.8 cm³/mol. The van der Waals surface area contributed by atoms with Crippen molar-refractivity contribution in [3.05, 3.63) is 58.5 Å². The first-order chi connectivity index (χ1) is 12.0. The van der Waals surface area contributed by atoms with Gasteiger partial charge in [0.15, 0.2) is 5.82 Å². The minimum absolute atomic E-state index is 0.00379. The molecule has 1 aromatic heterocycles. The topological polar surface area (TPSA) is 72.0 Å².